The molecule has 0 heterocycles. The van der Waals surface area contributed by atoms with Crippen molar-refractivity contribution in [1.82, 2.24) is 0 Å². The summed E-state index contributed by atoms with van der Waals surface area (Å²) in [7, 11) is 0. The van der Waals surface area contributed by atoms with E-state index in [1.165, 1.54) is 6.07 Å². The van der Waals surface area contributed by atoms with Crippen LogP contribution in [0.1, 0.15) is 29.3 Å². The van der Waals surface area contributed by atoms with Crippen molar-refractivity contribution in [2.24, 2.45) is 0 Å². The number of carbonyl (C=O) groups is 1. The largest absolute Gasteiger partial charge is 0.462 e. The lowest BCUT2D eigenvalue weighted by molar-refractivity contribution is 0.0505. The van der Waals surface area contributed by atoms with Crippen molar-refractivity contribution in [3.05, 3.63) is 35.4 Å². The van der Waals surface area contributed by atoms with E-state index in [4.69, 9.17) is 10.00 Å². The highest BCUT2D eigenvalue weighted by molar-refractivity contribution is 5.89. The highest BCUT2D eigenvalue weighted by Crippen LogP contribution is 2.05. The summed E-state index contributed by atoms with van der Waals surface area (Å²) in [6, 6.07) is 8.45. The molecule has 0 amide bonds. The average molecular weight is 189 g/mol. The highest BCUT2D eigenvalue weighted by atomic mass is 16.5. The maximum atomic E-state index is 11.3. The first-order chi connectivity index (χ1) is 6.77. The summed E-state index contributed by atoms with van der Waals surface area (Å²) in [5, 5.41) is 8.62. The van der Waals surface area contributed by atoms with Crippen molar-refractivity contribution >= 4 is 5.97 Å². The predicted octanol–water partition coefficient (Wildman–Crippen LogP) is 2.13. The molecule has 0 aliphatic heterocycles. The highest BCUT2D eigenvalue weighted by Gasteiger charge is 2.06. The third-order valence-electron chi connectivity index (χ3n) is 1.66. The van der Waals surface area contributed by atoms with Gasteiger partial charge in [-0.25, -0.2) is 4.79 Å². The zero-order chi connectivity index (χ0) is 10.4. The van der Waals surface area contributed by atoms with Crippen LogP contribution in [0.2, 0.25) is 0 Å². The van der Waals surface area contributed by atoms with Crippen LogP contribution in [0.5, 0.6) is 0 Å². The van der Waals surface area contributed by atoms with E-state index in [9.17, 15) is 4.79 Å². The summed E-state index contributed by atoms with van der Waals surface area (Å²) in [6.45, 7) is 2.34. The lowest BCUT2D eigenvalue weighted by atomic mass is 10.1. The quantitative estimate of drug-likeness (QED) is 0.684. The minimum Gasteiger partial charge on any atom is -0.462 e. The summed E-state index contributed by atoms with van der Waals surface area (Å²) < 4.78 is 4.93. The van der Waals surface area contributed by atoms with Crippen molar-refractivity contribution in [3.63, 3.8) is 0 Å². The number of rotatable bonds is 3. The van der Waals surface area contributed by atoms with Gasteiger partial charge in [0.2, 0.25) is 0 Å². The Labute approximate surface area is 82.9 Å². The first kappa shape index (κ1) is 10.3. The number of benzene rings is 1. The number of carbonyl (C=O) groups excluding carboxylic acids is 1. The summed E-state index contributed by atoms with van der Waals surface area (Å²) in [5.41, 5.74) is 0.897. The van der Waals surface area contributed by atoms with Gasteiger partial charge in [-0.05, 0) is 24.6 Å². The molecular weight excluding hydrogens is 178 g/mol. The van der Waals surface area contributed by atoms with Gasteiger partial charge in [-0.1, -0.05) is 13.0 Å². The van der Waals surface area contributed by atoms with E-state index in [0.717, 1.165) is 6.42 Å². The maximum Gasteiger partial charge on any atom is 0.338 e. The van der Waals surface area contributed by atoms with Gasteiger partial charge in [0, 0.05) is 0 Å². The lowest BCUT2D eigenvalue weighted by Gasteiger charge is -2.02. The first-order valence-corrected chi connectivity index (χ1v) is 4.45. The van der Waals surface area contributed by atoms with E-state index in [-0.39, 0.29) is 5.97 Å². The Hall–Kier alpha value is -1.82. The average Bonchev–Trinajstić information content (AvgIpc) is 2.26. The molecule has 0 fully saturated rings. The lowest BCUT2D eigenvalue weighted by Crippen LogP contribution is -2.05. The van der Waals surface area contributed by atoms with E-state index in [1.54, 1.807) is 18.2 Å². The molecule has 72 valence electrons. The second kappa shape index (κ2) is 5.03. The fourth-order valence-corrected chi connectivity index (χ4v) is 0.994. The predicted molar refractivity (Wildman–Crippen MR) is 51.7 cm³/mol. The first-order valence-electron chi connectivity index (χ1n) is 4.45. The van der Waals surface area contributed by atoms with Crippen LogP contribution in [-0.4, -0.2) is 12.6 Å². The van der Waals surface area contributed by atoms with Crippen molar-refractivity contribution in [2.45, 2.75) is 13.3 Å². The maximum absolute atomic E-state index is 11.3. The summed E-state index contributed by atoms with van der Waals surface area (Å²) in [4.78, 5) is 11.3. The van der Waals surface area contributed by atoms with Crippen LogP contribution in [0, 0.1) is 11.3 Å². The molecule has 1 aromatic rings. The second-order valence-corrected chi connectivity index (χ2v) is 2.83. The van der Waals surface area contributed by atoms with Gasteiger partial charge in [0.1, 0.15) is 0 Å². The fraction of sp³-hybridized carbons (Fsp3) is 0.273. The van der Waals surface area contributed by atoms with Crippen molar-refractivity contribution in [3.8, 4) is 6.07 Å². The van der Waals surface area contributed by atoms with Crippen molar-refractivity contribution in [1.29, 1.82) is 5.26 Å². The number of nitrogens with zero attached hydrogens (tertiary/aromatic N) is 1. The van der Waals surface area contributed by atoms with Gasteiger partial charge in [0.15, 0.2) is 0 Å². The molecule has 0 spiro atoms. The number of nitriles is 1. The van der Waals surface area contributed by atoms with E-state index in [0.29, 0.717) is 17.7 Å². The van der Waals surface area contributed by atoms with Crippen LogP contribution in [0.15, 0.2) is 24.3 Å². The summed E-state index contributed by atoms with van der Waals surface area (Å²) >= 11 is 0. The Balaban J connectivity index is 2.75. The molecule has 0 aromatic heterocycles. The molecule has 3 nitrogen and oxygen atoms in total. The topological polar surface area (TPSA) is 50.1 Å². The van der Waals surface area contributed by atoms with Crippen molar-refractivity contribution < 1.29 is 9.53 Å². The van der Waals surface area contributed by atoms with Gasteiger partial charge in [-0.2, -0.15) is 5.26 Å². The molecule has 14 heavy (non-hydrogen) atoms. The fourth-order valence-electron chi connectivity index (χ4n) is 0.994. The molecular formula is C11H11NO2. The number of hydrogen-bond acceptors (Lipinski definition) is 3. The van der Waals surface area contributed by atoms with Crippen LogP contribution in [0.4, 0.5) is 0 Å². The van der Waals surface area contributed by atoms with Crippen LogP contribution in [0.25, 0.3) is 0 Å². The van der Waals surface area contributed by atoms with E-state index in [2.05, 4.69) is 0 Å². The standard InChI is InChI=1S/C11H11NO2/c1-2-6-14-11(13)10-5-3-4-9(7-10)8-12/h3-5,7H,2,6H2,1H3. The molecule has 0 radical (unpaired) electrons. The Morgan fingerprint density at radius 2 is 2.36 bits per heavy atom. The van der Waals surface area contributed by atoms with Gasteiger partial charge in [0.25, 0.3) is 0 Å². The molecule has 1 aromatic carbocycles. The zero-order valence-corrected chi connectivity index (χ0v) is 7.99. The van der Waals surface area contributed by atoms with Crippen LogP contribution in [0.3, 0.4) is 0 Å². The molecule has 0 saturated carbocycles. The number of ether oxygens (including phenoxy) is 1. The zero-order valence-electron chi connectivity index (χ0n) is 7.99. The Morgan fingerprint density at radius 3 is 3.00 bits per heavy atom. The van der Waals surface area contributed by atoms with E-state index >= 15 is 0 Å². The molecule has 0 N–H and O–H groups in total. The molecule has 3 heteroatoms. The summed E-state index contributed by atoms with van der Waals surface area (Å²) in [5.74, 6) is -0.371. The van der Waals surface area contributed by atoms with Gasteiger partial charge in [-0.15, -0.1) is 0 Å². The smallest absolute Gasteiger partial charge is 0.338 e. The third-order valence-corrected chi connectivity index (χ3v) is 1.66. The van der Waals surface area contributed by atoms with Crippen LogP contribution < -0.4 is 0 Å². The molecule has 0 saturated heterocycles. The Morgan fingerprint density at radius 1 is 1.57 bits per heavy atom. The molecule has 0 aliphatic carbocycles. The molecule has 0 bridgehead atoms. The van der Waals surface area contributed by atoms with Gasteiger partial charge in [0.05, 0.1) is 23.8 Å². The van der Waals surface area contributed by atoms with Crippen LogP contribution >= 0.6 is 0 Å². The number of esters is 1. The molecule has 1 rings (SSSR count). The molecule has 0 unspecified atom stereocenters. The minimum absolute atomic E-state index is 0.371. The second-order valence-electron chi connectivity index (χ2n) is 2.83. The molecule has 0 aliphatic rings. The van der Waals surface area contributed by atoms with E-state index in [1.807, 2.05) is 13.0 Å². The summed E-state index contributed by atoms with van der Waals surface area (Å²) in [6.07, 6.45) is 0.795. The molecule has 0 atom stereocenters. The third kappa shape index (κ3) is 2.60. The van der Waals surface area contributed by atoms with Gasteiger partial charge >= 0.3 is 5.97 Å². The van der Waals surface area contributed by atoms with Crippen LogP contribution in [-0.2, 0) is 4.74 Å². The van der Waals surface area contributed by atoms with Gasteiger partial charge < -0.3 is 4.74 Å². The number of hydrogen-bond donors (Lipinski definition) is 0. The SMILES string of the molecule is CCCOC(=O)c1cccc(C#N)c1. The van der Waals surface area contributed by atoms with E-state index < -0.39 is 0 Å². The Bertz CT molecular complexity index is 366. The monoisotopic (exact) mass is 189 g/mol. The van der Waals surface area contributed by atoms with Gasteiger partial charge in [-0.3, -0.25) is 0 Å². The normalized spacial score (nSPS) is 9.14. The van der Waals surface area contributed by atoms with Crippen molar-refractivity contribution in [2.75, 3.05) is 6.61 Å². The Kier molecular flexibility index (Phi) is 3.69. The minimum atomic E-state index is -0.371.